The number of pyridine rings is 1. The van der Waals surface area contributed by atoms with Gasteiger partial charge in [0, 0.05) is 0 Å². The molecule has 7 heteroatoms. The predicted molar refractivity (Wildman–Crippen MR) is 94.2 cm³/mol. The van der Waals surface area contributed by atoms with Gasteiger partial charge in [-0.1, -0.05) is 49.5 Å². The van der Waals surface area contributed by atoms with Crippen molar-refractivity contribution in [3.05, 3.63) is 57.2 Å². The van der Waals surface area contributed by atoms with Crippen molar-refractivity contribution in [3.8, 4) is 12.1 Å². The average molecular weight is 339 g/mol. The fourth-order valence-electron chi connectivity index (χ4n) is 2.07. The van der Waals surface area contributed by atoms with Crippen LogP contribution in [0.1, 0.15) is 29.2 Å². The fraction of sp³-hybridized carbons (Fsp3) is 0.176. The van der Waals surface area contributed by atoms with Gasteiger partial charge in [-0.05, 0) is 17.5 Å². The van der Waals surface area contributed by atoms with E-state index in [1.165, 1.54) is 0 Å². The number of H-pyrrole nitrogens is 1. The lowest BCUT2D eigenvalue weighted by Gasteiger charge is -2.06. The van der Waals surface area contributed by atoms with Gasteiger partial charge >= 0.3 is 0 Å². The highest BCUT2D eigenvalue weighted by molar-refractivity contribution is 7.71. The number of carbonyl (C=O) groups is 1. The van der Waals surface area contributed by atoms with Crippen molar-refractivity contribution in [1.82, 2.24) is 4.98 Å². The first-order valence-electron chi connectivity index (χ1n) is 7.11. The third-order valence-electron chi connectivity index (χ3n) is 3.15. The smallest absolute Gasteiger partial charge is 0.221 e. The van der Waals surface area contributed by atoms with E-state index in [4.69, 9.17) is 34.2 Å². The maximum absolute atomic E-state index is 10.4. The lowest BCUT2D eigenvalue weighted by atomic mass is 10.0. The number of carbonyl (C=O) groups excluding carboxylic acids is 1. The summed E-state index contributed by atoms with van der Waals surface area (Å²) in [4.78, 5) is 13.0. The number of rotatable bonds is 3. The summed E-state index contributed by atoms with van der Waals surface area (Å²) >= 11 is 4.93. The minimum atomic E-state index is -0.286. The van der Waals surface area contributed by atoms with Gasteiger partial charge in [0.05, 0.1) is 17.5 Å². The third kappa shape index (κ3) is 4.94. The molecule has 0 aliphatic rings. The number of primary amides is 1. The summed E-state index contributed by atoms with van der Waals surface area (Å²) in [5.41, 5.74) is 12.8. The Hall–Kier alpha value is -3.16. The Morgan fingerprint density at radius 1 is 1.21 bits per heavy atom. The Bertz CT molecular complexity index is 860. The van der Waals surface area contributed by atoms with Gasteiger partial charge < -0.3 is 16.5 Å². The summed E-state index contributed by atoms with van der Waals surface area (Å²) < 4.78 is 0.292. The highest BCUT2D eigenvalue weighted by atomic mass is 32.1. The summed E-state index contributed by atoms with van der Waals surface area (Å²) in [7, 11) is 0. The van der Waals surface area contributed by atoms with E-state index in [0.717, 1.165) is 5.56 Å². The molecule has 2 rings (SSSR count). The zero-order valence-corrected chi connectivity index (χ0v) is 14.0. The van der Waals surface area contributed by atoms with Crippen molar-refractivity contribution < 1.29 is 4.79 Å². The van der Waals surface area contributed by atoms with Crippen LogP contribution in [-0.2, 0) is 17.6 Å². The number of nitrogens with zero attached hydrogens (tertiary/aromatic N) is 2. The molecule has 0 bridgehead atoms. The molecule has 1 heterocycles. The number of anilines is 1. The molecule has 0 spiro atoms. The van der Waals surface area contributed by atoms with Crippen molar-refractivity contribution in [1.29, 1.82) is 10.5 Å². The van der Waals surface area contributed by atoms with E-state index in [-0.39, 0.29) is 11.7 Å². The largest absolute Gasteiger partial charge is 0.384 e. The van der Waals surface area contributed by atoms with Crippen LogP contribution in [0.5, 0.6) is 0 Å². The quantitative estimate of drug-likeness (QED) is 0.738. The molecule has 0 aliphatic heterocycles. The highest BCUT2D eigenvalue weighted by Gasteiger charge is 2.12. The Kier molecular flexibility index (Phi) is 7.15. The van der Waals surface area contributed by atoms with E-state index in [2.05, 4.69) is 4.98 Å². The molecule has 0 saturated heterocycles. The van der Waals surface area contributed by atoms with E-state index in [1.54, 1.807) is 0 Å². The second-order valence-electron chi connectivity index (χ2n) is 4.80. The first-order valence-corrected chi connectivity index (χ1v) is 7.52. The molecule has 122 valence electrons. The highest BCUT2D eigenvalue weighted by Crippen LogP contribution is 2.19. The SMILES string of the molecule is CCc1c(C#N)c(N)[nH]c(=S)c1C#N.NC(=O)Cc1ccccc1. The van der Waals surface area contributed by atoms with Crippen LogP contribution < -0.4 is 11.5 Å². The molecule has 0 saturated carbocycles. The lowest BCUT2D eigenvalue weighted by Crippen LogP contribution is -2.13. The van der Waals surface area contributed by atoms with Crippen molar-refractivity contribution in [2.24, 2.45) is 5.73 Å². The minimum Gasteiger partial charge on any atom is -0.384 e. The van der Waals surface area contributed by atoms with Gasteiger partial charge in [0.15, 0.2) is 0 Å². The Morgan fingerprint density at radius 3 is 2.25 bits per heavy atom. The molecule has 1 amide bonds. The molecule has 0 radical (unpaired) electrons. The van der Waals surface area contributed by atoms with E-state index in [1.807, 2.05) is 49.4 Å². The van der Waals surface area contributed by atoms with Gasteiger partial charge in [-0.15, -0.1) is 0 Å². The van der Waals surface area contributed by atoms with Crippen LogP contribution >= 0.6 is 12.2 Å². The summed E-state index contributed by atoms with van der Waals surface area (Å²) in [6, 6.07) is 13.4. The van der Waals surface area contributed by atoms with Crippen LogP contribution in [0.2, 0.25) is 0 Å². The molecule has 0 atom stereocenters. The molecule has 1 aromatic carbocycles. The van der Waals surface area contributed by atoms with Gasteiger partial charge in [-0.3, -0.25) is 4.79 Å². The number of amides is 1. The zero-order chi connectivity index (χ0) is 18.1. The van der Waals surface area contributed by atoms with Crippen LogP contribution in [0, 0.1) is 27.3 Å². The van der Waals surface area contributed by atoms with E-state index >= 15 is 0 Å². The molecule has 5 N–H and O–H groups in total. The third-order valence-corrected chi connectivity index (χ3v) is 3.45. The Labute approximate surface area is 145 Å². The molecule has 0 aliphatic carbocycles. The number of aromatic nitrogens is 1. The van der Waals surface area contributed by atoms with Crippen LogP contribution in [0.3, 0.4) is 0 Å². The lowest BCUT2D eigenvalue weighted by molar-refractivity contribution is -0.117. The molecular weight excluding hydrogens is 322 g/mol. The van der Waals surface area contributed by atoms with Crippen molar-refractivity contribution in [2.45, 2.75) is 19.8 Å². The first kappa shape index (κ1) is 18.9. The van der Waals surface area contributed by atoms with Gasteiger partial charge in [0.25, 0.3) is 0 Å². The van der Waals surface area contributed by atoms with E-state index < -0.39 is 0 Å². The number of nitrogens with two attached hydrogens (primary N) is 2. The maximum Gasteiger partial charge on any atom is 0.221 e. The topological polar surface area (TPSA) is 132 Å². The van der Waals surface area contributed by atoms with E-state index in [0.29, 0.717) is 34.2 Å². The Morgan fingerprint density at radius 2 is 1.79 bits per heavy atom. The standard InChI is InChI=1S/C9H8N4S.C8H9NO/c1-2-5-6(3-10)8(12)13-9(14)7(5)4-11;9-8(10)6-7-4-2-1-3-5-7/h2H2,1H3,(H3,12,13,14);1-5H,6H2,(H2,9,10). The second kappa shape index (κ2) is 9.09. The normalized spacial score (nSPS) is 9.12. The van der Waals surface area contributed by atoms with Crippen molar-refractivity contribution >= 4 is 23.9 Å². The Balaban J connectivity index is 0.000000254. The monoisotopic (exact) mass is 339 g/mol. The molecule has 0 fully saturated rings. The number of nitrogens with one attached hydrogen (secondary N) is 1. The number of nitrogen functional groups attached to an aromatic ring is 1. The van der Waals surface area contributed by atoms with Gasteiger partial charge in [0.1, 0.15) is 22.6 Å². The van der Waals surface area contributed by atoms with Gasteiger partial charge in [-0.25, -0.2) is 0 Å². The molecular formula is C17H17N5OS. The number of hydrogen-bond acceptors (Lipinski definition) is 5. The molecule has 6 nitrogen and oxygen atoms in total. The number of nitriles is 2. The van der Waals surface area contributed by atoms with Crippen LogP contribution in [0.15, 0.2) is 30.3 Å². The average Bonchev–Trinajstić information content (AvgIpc) is 2.55. The van der Waals surface area contributed by atoms with Crippen molar-refractivity contribution in [3.63, 3.8) is 0 Å². The zero-order valence-electron chi connectivity index (χ0n) is 13.2. The predicted octanol–water partition coefficient (Wildman–Crippen LogP) is 2.35. The molecule has 0 unspecified atom stereocenters. The molecule has 24 heavy (non-hydrogen) atoms. The summed E-state index contributed by atoms with van der Waals surface area (Å²) in [5.74, 6) is -0.0560. The number of aromatic amines is 1. The fourth-order valence-corrected chi connectivity index (χ4v) is 2.35. The number of benzene rings is 1. The molecule has 2 aromatic rings. The maximum atomic E-state index is 10.4. The van der Waals surface area contributed by atoms with Gasteiger partial charge in [0.2, 0.25) is 5.91 Å². The van der Waals surface area contributed by atoms with Crippen LogP contribution in [0.4, 0.5) is 5.82 Å². The van der Waals surface area contributed by atoms with Crippen LogP contribution in [0.25, 0.3) is 0 Å². The summed E-state index contributed by atoms with van der Waals surface area (Å²) in [6.45, 7) is 1.85. The number of hydrogen-bond donors (Lipinski definition) is 3. The van der Waals surface area contributed by atoms with Crippen LogP contribution in [-0.4, -0.2) is 10.9 Å². The minimum absolute atomic E-state index is 0.230. The summed E-state index contributed by atoms with van der Waals surface area (Å²) in [6.07, 6.45) is 0.898. The van der Waals surface area contributed by atoms with E-state index in [9.17, 15) is 4.79 Å². The first-order chi connectivity index (χ1) is 11.4. The second-order valence-corrected chi connectivity index (χ2v) is 5.21. The summed E-state index contributed by atoms with van der Waals surface area (Å²) in [5, 5.41) is 17.7. The van der Waals surface area contributed by atoms with Crippen molar-refractivity contribution in [2.75, 3.05) is 5.73 Å². The molecule has 1 aromatic heterocycles. The van der Waals surface area contributed by atoms with Gasteiger partial charge in [-0.2, -0.15) is 10.5 Å².